The molecular formula is C7H5F3N2O2. The largest absolute Gasteiger partial charge is 0.326 e. The van der Waals surface area contributed by atoms with E-state index in [1.54, 1.807) is 0 Å². The fraction of sp³-hybridized carbons (Fsp3) is 0.286. The van der Waals surface area contributed by atoms with Gasteiger partial charge in [0.1, 0.15) is 5.69 Å². The second kappa shape index (κ2) is 3.60. The van der Waals surface area contributed by atoms with Crippen LogP contribution in [0.3, 0.4) is 0 Å². The third-order valence-corrected chi connectivity index (χ3v) is 1.62. The van der Waals surface area contributed by atoms with Gasteiger partial charge in [0.2, 0.25) is 5.82 Å². The molecular weight excluding hydrogens is 201 g/mol. The average molecular weight is 206 g/mol. The zero-order valence-electron chi connectivity index (χ0n) is 7.00. The van der Waals surface area contributed by atoms with Gasteiger partial charge in [-0.05, 0) is 6.92 Å². The minimum Gasteiger partial charge on any atom is -0.258 e. The number of pyridine rings is 1. The maximum atomic E-state index is 13.1. The molecule has 0 aromatic carbocycles. The molecule has 0 radical (unpaired) electrons. The van der Waals surface area contributed by atoms with Gasteiger partial charge in [0.25, 0.3) is 6.43 Å². The number of aryl methyl sites for hydroxylation is 1. The van der Waals surface area contributed by atoms with Crippen molar-refractivity contribution in [2.45, 2.75) is 13.3 Å². The van der Waals surface area contributed by atoms with E-state index in [4.69, 9.17) is 0 Å². The van der Waals surface area contributed by atoms with Crippen molar-refractivity contribution in [2.75, 3.05) is 0 Å². The first-order chi connectivity index (χ1) is 6.45. The maximum Gasteiger partial charge on any atom is 0.326 e. The summed E-state index contributed by atoms with van der Waals surface area (Å²) in [6, 6.07) is 0. The molecule has 0 unspecified atom stereocenters. The molecule has 0 aliphatic heterocycles. The van der Waals surface area contributed by atoms with E-state index in [-0.39, 0.29) is 5.69 Å². The van der Waals surface area contributed by atoms with Crippen LogP contribution in [0.25, 0.3) is 0 Å². The van der Waals surface area contributed by atoms with Crippen molar-refractivity contribution in [3.63, 3.8) is 0 Å². The lowest BCUT2D eigenvalue weighted by Gasteiger charge is -2.02. The van der Waals surface area contributed by atoms with E-state index in [0.29, 0.717) is 6.20 Å². The van der Waals surface area contributed by atoms with E-state index in [1.807, 2.05) is 0 Å². The predicted molar refractivity (Wildman–Crippen MR) is 40.5 cm³/mol. The highest BCUT2D eigenvalue weighted by atomic mass is 19.3. The van der Waals surface area contributed by atoms with Crippen LogP contribution < -0.4 is 0 Å². The molecule has 14 heavy (non-hydrogen) atoms. The Kier molecular flexibility index (Phi) is 2.68. The molecule has 1 aromatic rings. The summed E-state index contributed by atoms with van der Waals surface area (Å²) in [5.74, 6) is -1.52. The lowest BCUT2D eigenvalue weighted by molar-refractivity contribution is -0.388. The zero-order valence-corrected chi connectivity index (χ0v) is 7.00. The molecule has 0 amide bonds. The molecule has 1 heterocycles. The molecule has 4 nitrogen and oxygen atoms in total. The Morgan fingerprint density at radius 2 is 2.14 bits per heavy atom. The molecule has 0 saturated carbocycles. The summed E-state index contributed by atoms with van der Waals surface area (Å²) in [5.41, 5.74) is -2.28. The molecule has 0 atom stereocenters. The molecule has 0 bridgehead atoms. The van der Waals surface area contributed by atoms with Gasteiger partial charge in [-0.2, -0.15) is 4.39 Å². The fourth-order valence-electron chi connectivity index (χ4n) is 0.944. The van der Waals surface area contributed by atoms with Crippen LogP contribution in [0.5, 0.6) is 0 Å². The Hall–Kier alpha value is -1.66. The van der Waals surface area contributed by atoms with Gasteiger partial charge >= 0.3 is 5.69 Å². The van der Waals surface area contributed by atoms with Crippen molar-refractivity contribution >= 4 is 5.69 Å². The van der Waals surface area contributed by atoms with Crippen LogP contribution >= 0.6 is 0 Å². The minimum atomic E-state index is -3.11. The SMILES string of the molecule is Cc1ncc(C(F)F)c(F)c1[N+](=O)[O-]. The van der Waals surface area contributed by atoms with Gasteiger partial charge in [0.05, 0.1) is 10.5 Å². The van der Waals surface area contributed by atoms with Crippen molar-refractivity contribution in [3.05, 3.63) is 33.4 Å². The molecule has 7 heteroatoms. The van der Waals surface area contributed by atoms with Crippen LogP contribution in [-0.4, -0.2) is 9.91 Å². The van der Waals surface area contributed by atoms with Crippen molar-refractivity contribution in [1.29, 1.82) is 0 Å². The van der Waals surface area contributed by atoms with Gasteiger partial charge in [-0.25, -0.2) is 8.78 Å². The van der Waals surface area contributed by atoms with Crippen molar-refractivity contribution in [3.8, 4) is 0 Å². The van der Waals surface area contributed by atoms with E-state index < -0.39 is 28.4 Å². The van der Waals surface area contributed by atoms with Gasteiger partial charge in [0, 0.05) is 6.20 Å². The van der Waals surface area contributed by atoms with E-state index >= 15 is 0 Å². The molecule has 76 valence electrons. The second-order valence-electron chi connectivity index (χ2n) is 2.52. The highest BCUT2D eigenvalue weighted by Gasteiger charge is 2.26. The lowest BCUT2D eigenvalue weighted by atomic mass is 10.2. The van der Waals surface area contributed by atoms with Crippen LogP contribution in [0, 0.1) is 22.9 Å². The van der Waals surface area contributed by atoms with Gasteiger partial charge in [0.15, 0.2) is 0 Å². The highest BCUT2D eigenvalue weighted by Crippen LogP contribution is 2.28. The van der Waals surface area contributed by atoms with Gasteiger partial charge in [-0.3, -0.25) is 15.1 Å². The number of rotatable bonds is 2. The Morgan fingerprint density at radius 1 is 1.57 bits per heavy atom. The van der Waals surface area contributed by atoms with Gasteiger partial charge in [-0.15, -0.1) is 0 Å². The van der Waals surface area contributed by atoms with Crippen LogP contribution in [0.1, 0.15) is 17.7 Å². The summed E-state index contributed by atoms with van der Waals surface area (Å²) in [5, 5.41) is 10.3. The van der Waals surface area contributed by atoms with Crippen LogP contribution in [0.15, 0.2) is 6.20 Å². The number of nitro groups is 1. The summed E-state index contributed by atoms with van der Waals surface area (Å²) >= 11 is 0. The normalized spacial score (nSPS) is 10.6. The molecule has 0 N–H and O–H groups in total. The van der Waals surface area contributed by atoms with Crippen LogP contribution in [0.2, 0.25) is 0 Å². The van der Waals surface area contributed by atoms with Crippen molar-refractivity contribution in [1.82, 2.24) is 4.98 Å². The average Bonchev–Trinajstić information content (AvgIpc) is 2.02. The quantitative estimate of drug-likeness (QED) is 0.551. The topological polar surface area (TPSA) is 56.0 Å². The number of hydrogen-bond donors (Lipinski definition) is 0. The highest BCUT2D eigenvalue weighted by molar-refractivity contribution is 5.39. The summed E-state index contributed by atoms with van der Waals surface area (Å²) in [7, 11) is 0. The molecule has 1 rings (SSSR count). The summed E-state index contributed by atoms with van der Waals surface area (Å²) in [6.07, 6.45) is -2.51. The minimum absolute atomic E-state index is 0.225. The van der Waals surface area contributed by atoms with Crippen LogP contribution in [0.4, 0.5) is 18.9 Å². The molecule has 0 saturated heterocycles. The standard InChI is InChI=1S/C7H5F3N2O2/c1-3-6(12(13)14)5(8)4(2-11-3)7(9)10/h2,7H,1H3. The van der Waals surface area contributed by atoms with Crippen molar-refractivity contribution in [2.24, 2.45) is 0 Å². The predicted octanol–water partition coefficient (Wildman–Crippen LogP) is 2.37. The van der Waals surface area contributed by atoms with E-state index in [9.17, 15) is 23.3 Å². The van der Waals surface area contributed by atoms with Gasteiger partial charge in [-0.1, -0.05) is 0 Å². The first-order valence-corrected chi connectivity index (χ1v) is 3.52. The molecule has 0 fully saturated rings. The number of nitrogens with zero attached hydrogens (tertiary/aromatic N) is 2. The molecule has 0 spiro atoms. The summed E-state index contributed by atoms with van der Waals surface area (Å²) in [6.45, 7) is 1.18. The number of hydrogen-bond acceptors (Lipinski definition) is 3. The first kappa shape index (κ1) is 10.4. The maximum absolute atomic E-state index is 13.1. The van der Waals surface area contributed by atoms with E-state index in [2.05, 4.69) is 4.98 Å². The molecule has 0 aliphatic carbocycles. The monoisotopic (exact) mass is 206 g/mol. The third kappa shape index (κ3) is 1.66. The number of aromatic nitrogens is 1. The molecule has 1 aromatic heterocycles. The smallest absolute Gasteiger partial charge is 0.258 e. The Balaban J connectivity index is 3.41. The first-order valence-electron chi connectivity index (χ1n) is 3.52. The zero-order chi connectivity index (χ0) is 10.9. The second-order valence-corrected chi connectivity index (χ2v) is 2.52. The fourth-order valence-corrected chi connectivity index (χ4v) is 0.944. The number of alkyl halides is 2. The van der Waals surface area contributed by atoms with Crippen molar-refractivity contribution < 1.29 is 18.1 Å². The van der Waals surface area contributed by atoms with Crippen LogP contribution in [-0.2, 0) is 0 Å². The van der Waals surface area contributed by atoms with E-state index in [0.717, 1.165) is 0 Å². The summed E-state index contributed by atoms with van der Waals surface area (Å²) in [4.78, 5) is 12.6. The van der Waals surface area contributed by atoms with Gasteiger partial charge < -0.3 is 0 Å². The molecule has 0 aliphatic rings. The lowest BCUT2D eigenvalue weighted by Crippen LogP contribution is -2.02. The summed E-state index contributed by atoms with van der Waals surface area (Å²) < 4.78 is 37.3. The Labute approximate surface area is 76.5 Å². The third-order valence-electron chi connectivity index (χ3n) is 1.62. The Bertz CT molecular complexity index is 381. The van der Waals surface area contributed by atoms with E-state index in [1.165, 1.54) is 6.92 Å². The number of halogens is 3. The Morgan fingerprint density at radius 3 is 2.57 bits per heavy atom.